The summed E-state index contributed by atoms with van der Waals surface area (Å²) in [7, 11) is -2.54. The fraction of sp³-hybridized carbons (Fsp3) is 0.259. The number of esters is 1. The molecule has 0 amide bonds. The van der Waals surface area contributed by atoms with E-state index in [4.69, 9.17) is 20.6 Å². The van der Waals surface area contributed by atoms with E-state index < -0.39 is 34.0 Å². The number of carbonyl (C=O) groups is 1. The maximum atomic E-state index is 13.5. The minimum atomic E-state index is -3.85. The Labute approximate surface area is 223 Å². The number of nitrogens with zero attached hydrogens (tertiary/aromatic N) is 1. The van der Waals surface area contributed by atoms with E-state index in [-0.39, 0.29) is 29.7 Å². The second-order valence-corrected chi connectivity index (χ2v) is 10.6. The van der Waals surface area contributed by atoms with Crippen LogP contribution in [0.2, 0.25) is 0 Å². The second-order valence-electron chi connectivity index (χ2n) is 8.73. The van der Waals surface area contributed by atoms with Crippen molar-refractivity contribution in [3.8, 4) is 16.9 Å². The van der Waals surface area contributed by atoms with Crippen molar-refractivity contribution < 1.29 is 22.7 Å². The molecule has 1 unspecified atom stereocenters. The Morgan fingerprint density at radius 1 is 1.00 bits per heavy atom. The highest BCUT2D eigenvalue weighted by Gasteiger charge is 2.49. The van der Waals surface area contributed by atoms with Crippen LogP contribution in [-0.4, -0.2) is 50.3 Å². The van der Waals surface area contributed by atoms with Crippen molar-refractivity contribution in [2.75, 3.05) is 13.7 Å². The van der Waals surface area contributed by atoms with Crippen molar-refractivity contribution in [2.24, 2.45) is 11.7 Å². The van der Waals surface area contributed by atoms with Crippen LogP contribution in [0.1, 0.15) is 18.9 Å². The number of methoxy groups -OCH3 is 1. The van der Waals surface area contributed by atoms with Crippen LogP contribution >= 0.6 is 12.4 Å². The van der Waals surface area contributed by atoms with E-state index in [0.29, 0.717) is 17.7 Å². The number of hydrogen-bond acceptors (Lipinski definition) is 6. The molecule has 3 atom stereocenters. The van der Waals surface area contributed by atoms with Gasteiger partial charge >= 0.3 is 5.97 Å². The summed E-state index contributed by atoms with van der Waals surface area (Å²) in [5.41, 5.74) is 8.11. The molecule has 1 aliphatic rings. The van der Waals surface area contributed by atoms with Gasteiger partial charge in [0.25, 0.3) is 0 Å². The fourth-order valence-electron chi connectivity index (χ4n) is 4.60. The number of nitrogens with one attached hydrogen (secondary N) is 1. The van der Waals surface area contributed by atoms with Gasteiger partial charge in [-0.1, -0.05) is 54.6 Å². The molecule has 3 N–H and O–H groups in total. The Morgan fingerprint density at radius 2 is 1.57 bits per heavy atom. The monoisotopic (exact) mass is 543 g/mol. The molecular formula is C27H30ClN3O5S. The maximum absolute atomic E-state index is 13.5. The van der Waals surface area contributed by atoms with Gasteiger partial charge in [-0.05, 0) is 48.7 Å². The Bertz CT molecular complexity index is 1330. The molecule has 3 aromatic carbocycles. The van der Waals surface area contributed by atoms with Gasteiger partial charge in [0, 0.05) is 11.6 Å². The molecule has 0 aliphatic carbocycles. The average Bonchev–Trinajstić information content (AvgIpc) is 3.24. The minimum absolute atomic E-state index is 0. The predicted molar refractivity (Wildman–Crippen MR) is 144 cm³/mol. The molecule has 3 aromatic rings. The summed E-state index contributed by atoms with van der Waals surface area (Å²) in [4.78, 5) is 12.6. The normalized spacial score (nSPS) is 19.6. The SMILES string of the molecule is COC(=O)[C@H]1C[C@@H](COc2ccc(-c3ccc(C(=N)N)cc3)cc2)N(S(=O)(=O)c2ccccc2)C1C.Cl. The van der Waals surface area contributed by atoms with Crippen molar-refractivity contribution in [3.05, 3.63) is 84.4 Å². The molecule has 1 heterocycles. The number of carbonyl (C=O) groups excluding carboxylic acids is 1. The standard InChI is InChI=1S/C27H29N3O5S.ClH/c1-18-25(27(31)34-2)16-22(30(18)36(32,33)24-6-4-3-5-7-24)17-35-23-14-12-20(13-15-23)19-8-10-21(11-9-19)26(28)29;/h3-15,18,22,25H,16-17H2,1-2H3,(H3,28,29);1H/t18?,22-,25-;/m0./s1. The molecule has 37 heavy (non-hydrogen) atoms. The fourth-order valence-corrected chi connectivity index (χ4v) is 6.47. The zero-order valence-electron chi connectivity index (χ0n) is 20.5. The topological polar surface area (TPSA) is 123 Å². The lowest BCUT2D eigenvalue weighted by Crippen LogP contribution is -2.43. The minimum Gasteiger partial charge on any atom is -0.492 e. The first kappa shape index (κ1) is 28.2. The third kappa shape index (κ3) is 5.95. The van der Waals surface area contributed by atoms with Gasteiger partial charge in [0.15, 0.2) is 0 Å². The molecule has 0 aromatic heterocycles. The van der Waals surface area contributed by atoms with Gasteiger partial charge in [0.2, 0.25) is 10.0 Å². The van der Waals surface area contributed by atoms with Gasteiger partial charge in [-0.15, -0.1) is 12.4 Å². The summed E-state index contributed by atoms with van der Waals surface area (Å²) in [6.45, 7) is 1.82. The highest BCUT2D eigenvalue weighted by atomic mass is 35.5. The summed E-state index contributed by atoms with van der Waals surface area (Å²) < 4.78 is 39.3. The lowest BCUT2D eigenvalue weighted by molar-refractivity contribution is -0.145. The molecule has 4 rings (SSSR count). The largest absolute Gasteiger partial charge is 0.492 e. The third-order valence-electron chi connectivity index (χ3n) is 6.52. The molecular weight excluding hydrogens is 514 g/mol. The van der Waals surface area contributed by atoms with Gasteiger partial charge < -0.3 is 15.2 Å². The number of hydrogen-bond donors (Lipinski definition) is 2. The van der Waals surface area contributed by atoms with E-state index in [9.17, 15) is 13.2 Å². The number of halogens is 1. The summed E-state index contributed by atoms with van der Waals surface area (Å²) >= 11 is 0. The zero-order chi connectivity index (χ0) is 25.9. The average molecular weight is 544 g/mol. The number of rotatable bonds is 8. The van der Waals surface area contributed by atoms with Crippen LogP contribution < -0.4 is 10.5 Å². The van der Waals surface area contributed by atoms with Crippen LogP contribution in [0.25, 0.3) is 11.1 Å². The smallest absolute Gasteiger partial charge is 0.310 e. The number of ether oxygens (including phenoxy) is 2. The second kappa shape index (κ2) is 11.8. The first-order valence-electron chi connectivity index (χ1n) is 11.6. The van der Waals surface area contributed by atoms with Crippen molar-refractivity contribution in [1.82, 2.24) is 4.31 Å². The Balaban J connectivity index is 0.00000380. The number of nitrogens with two attached hydrogens (primary N) is 1. The van der Waals surface area contributed by atoms with Gasteiger partial charge in [-0.2, -0.15) is 4.31 Å². The number of amidine groups is 1. The molecule has 0 bridgehead atoms. The number of nitrogen functional groups attached to an aromatic ring is 1. The summed E-state index contributed by atoms with van der Waals surface area (Å²) in [6, 6.07) is 21.9. The Kier molecular flexibility index (Phi) is 8.96. The van der Waals surface area contributed by atoms with E-state index in [1.54, 1.807) is 49.4 Å². The van der Waals surface area contributed by atoms with E-state index in [1.807, 2.05) is 36.4 Å². The Hall–Kier alpha value is -3.40. The van der Waals surface area contributed by atoms with Crippen molar-refractivity contribution >= 4 is 34.2 Å². The molecule has 1 fully saturated rings. The van der Waals surface area contributed by atoms with E-state index in [2.05, 4.69) is 0 Å². The predicted octanol–water partition coefficient (Wildman–Crippen LogP) is 4.08. The van der Waals surface area contributed by atoms with Crippen molar-refractivity contribution in [1.29, 1.82) is 5.41 Å². The van der Waals surface area contributed by atoms with E-state index >= 15 is 0 Å². The molecule has 196 valence electrons. The van der Waals surface area contributed by atoms with Gasteiger partial charge in [-0.3, -0.25) is 10.2 Å². The number of benzene rings is 3. The molecule has 0 saturated carbocycles. The van der Waals surface area contributed by atoms with Crippen LogP contribution in [0.5, 0.6) is 5.75 Å². The molecule has 0 radical (unpaired) electrons. The van der Waals surface area contributed by atoms with Gasteiger partial charge in [-0.25, -0.2) is 8.42 Å². The molecule has 1 aliphatic heterocycles. The van der Waals surface area contributed by atoms with Crippen LogP contribution in [0.15, 0.2) is 83.8 Å². The molecule has 10 heteroatoms. The van der Waals surface area contributed by atoms with E-state index in [0.717, 1.165) is 11.1 Å². The first-order valence-corrected chi connectivity index (χ1v) is 13.0. The maximum Gasteiger partial charge on any atom is 0.310 e. The van der Waals surface area contributed by atoms with Gasteiger partial charge in [0.1, 0.15) is 18.2 Å². The van der Waals surface area contributed by atoms with E-state index in [1.165, 1.54) is 11.4 Å². The van der Waals surface area contributed by atoms with Crippen molar-refractivity contribution in [2.45, 2.75) is 30.3 Å². The summed E-state index contributed by atoms with van der Waals surface area (Å²) in [6.07, 6.45) is 0.306. The molecule has 8 nitrogen and oxygen atoms in total. The van der Waals surface area contributed by atoms with Crippen LogP contribution in [0.3, 0.4) is 0 Å². The van der Waals surface area contributed by atoms with Gasteiger partial charge in [0.05, 0.1) is 24.0 Å². The summed E-state index contributed by atoms with van der Waals surface area (Å²) in [5.74, 6) is -0.407. The highest BCUT2D eigenvalue weighted by Crippen LogP contribution is 2.36. The van der Waals surface area contributed by atoms with Crippen molar-refractivity contribution in [3.63, 3.8) is 0 Å². The lowest BCUT2D eigenvalue weighted by Gasteiger charge is -2.28. The number of sulfonamides is 1. The highest BCUT2D eigenvalue weighted by molar-refractivity contribution is 7.89. The zero-order valence-corrected chi connectivity index (χ0v) is 22.2. The molecule has 0 spiro atoms. The Morgan fingerprint density at radius 3 is 2.11 bits per heavy atom. The quantitative estimate of drug-likeness (QED) is 0.251. The lowest BCUT2D eigenvalue weighted by atomic mass is 10.0. The third-order valence-corrected chi connectivity index (χ3v) is 8.57. The summed E-state index contributed by atoms with van der Waals surface area (Å²) in [5, 5.41) is 7.51. The van der Waals surface area contributed by atoms with Crippen LogP contribution in [0.4, 0.5) is 0 Å². The molecule has 1 saturated heterocycles. The first-order chi connectivity index (χ1) is 17.2. The van der Waals surface area contributed by atoms with Crippen LogP contribution in [0, 0.1) is 11.3 Å². The van der Waals surface area contributed by atoms with Crippen LogP contribution in [-0.2, 0) is 19.6 Å².